The number of anilines is 1. The van der Waals surface area contributed by atoms with Gasteiger partial charge in [-0.25, -0.2) is 4.79 Å². The van der Waals surface area contributed by atoms with Gasteiger partial charge in [0.25, 0.3) is 5.91 Å². The molecule has 0 saturated heterocycles. The number of carbonyl (C=O) groups is 2. The van der Waals surface area contributed by atoms with Gasteiger partial charge in [-0.1, -0.05) is 35.9 Å². The topological polar surface area (TPSA) is 61.4 Å². The molecule has 24 heavy (non-hydrogen) atoms. The summed E-state index contributed by atoms with van der Waals surface area (Å²) in [4.78, 5) is 25.8. The van der Waals surface area contributed by atoms with E-state index in [4.69, 9.17) is 11.6 Å². The first kappa shape index (κ1) is 17.8. The highest BCUT2D eigenvalue weighted by Gasteiger charge is 2.15. The van der Waals surface area contributed by atoms with Crippen molar-refractivity contribution in [3.05, 3.63) is 64.2 Å². The molecule has 0 aliphatic rings. The molecule has 126 valence electrons. The molecule has 0 fully saturated rings. The van der Waals surface area contributed by atoms with Crippen molar-refractivity contribution >= 4 is 29.2 Å². The van der Waals surface area contributed by atoms with Crippen LogP contribution < -0.4 is 10.6 Å². The zero-order valence-electron chi connectivity index (χ0n) is 13.9. The van der Waals surface area contributed by atoms with E-state index in [1.54, 1.807) is 45.3 Å². The van der Waals surface area contributed by atoms with Gasteiger partial charge in [-0.05, 0) is 36.2 Å². The van der Waals surface area contributed by atoms with E-state index in [1.165, 1.54) is 4.90 Å². The van der Waals surface area contributed by atoms with E-state index in [-0.39, 0.29) is 11.9 Å². The lowest BCUT2D eigenvalue weighted by molar-refractivity contribution is 0.0962. The highest BCUT2D eigenvalue weighted by Crippen LogP contribution is 2.20. The maximum Gasteiger partial charge on any atom is 0.321 e. The Bertz CT molecular complexity index is 762. The molecule has 2 N–H and O–H groups in total. The molecule has 2 aromatic rings. The minimum atomic E-state index is -0.271. The summed E-state index contributed by atoms with van der Waals surface area (Å²) in [5, 5.41) is 6.04. The second-order valence-electron chi connectivity index (χ2n) is 5.43. The number of hydrogen-bond acceptors (Lipinski definition) is 2. The molecule has 0 aliphatic carbocycles. The molecule has 0 saturated carbocycles. The predicted octanol–water partition coefficient (Wildman–Crippen LogP) is 3.67. The average Bonchev–Trinajstić information content (AvgIpc) is 2.58. The largest absolute Gasteiger partial charge is 0.355 e. The van der Waals surface area contributed by atoms with Crippen molar-refractivity contribution < 1.29 is 9.59 Å². The van der Waals surface area contributed by atoms with Crippen LogP contribution in [0.5, 0.6) is 0 Å². The quantitative estimate of drug-likeness (QED) is 0.888. The van der Waals surface area contributed by atoms with Crippen LogP contribution in [0.4, 0.5) is 10.5 Å². The number of rotatable bonds is 4. The molecule has 0 aliphatic heterocycles. The highest BCUT2D eigenvalue weighted by atomic mass is 35.5. The fourth-order valence-corrected chi connectivity index (χ4v) is 2.51. The molecule has 6 heteroatoms. The standard InChI is InChI=1S/C18H20ClN3O2/c1-12-14(17(23)20-2)8-6-10-16(12)21-18(24)22(3)11-13-7-4-5-9-15(13)19/h4-10H,11H2,1-3H3,(H,20,23)(H,21,24). The van der Waals surface area contributed by atoms with Crippen molar-refractivity contribution in [2.75, 3.05) is 19.4 Å². The molecule has 3 amide bonds. The lowest BCUT2D eigenvalue weighted by atomic mass is 10.1. The summed E-state index contributed by atoms with van der Waals surface area (Å²) < 4.78 is 0. The molecular weight excluding hydrogens is 326 g/mol. The molecule has 0 atom stereocenters. The van der Waals surface area contributed by atoms with Gasteiger partial charge in [-0.2, -0.15) is 0 Å². The van der Waals surface area contributed by atoms with Crippen molar-refractivity contribution in [3.8, 4) is 0 Å². The number of amides is 3. The van der Waals surface area contributed by atoms with Gasteiger partial charge in [0, 0.05) is 36.9 Å². The van der Waals surface area contributed by atoms with Crippen LogP contribution in [0.3, 0.4) is 0 Å². The van der Waals surface area contributed by atoms with E-state index >= 15 is 0 Å². The van der Waals surface area contributed by atoms with Crippen molar-refractivity contribution in [3.63, 3.8) is 0 Å². The van der Waals surface area contributed by atoms with Gasteiger partial charge in [-0.3, -0.25) is 4.79 Å². The Morgan fingerprint density at radius 1 is 1.12 bits per heavy atom. The van der Waals surface area contributed by atoms with Gasteiger partial charge >= 0.3 is 6.03 Å². The summed E-state index contributed by atoms with van der Waals surface area (Å²) in [6.45, 7) is 2.19. The van der Waals surface area contributed by atoms with Crippen molar-refractivity contribution in [2.45, 2.75) is 13.5 Å². The van der Waals surface area contributed by atoms with Crippen LogP contribution in [0.1, 0.15) is 21.5 Å². The third-order valence-corrected chi connectivity index (χ3v) is 4.13. The molecule has 0 bridgehead atoms. The number of nitrogens with one attached hydrogen (secondary N) is 2. The van der Waals surface area contributed by atoms with Crippen LogP contribution in [0, 0.1) is 6.92 Å². The number of halogens is 1. The summed E-state index contributed by atoms with van der Waals surface area (Å²) in [6, 6.07) is 12.3. The Hall–Kier alpha value is -2.53. The van der Waals surface area contributed by atoms with E-state index in [9.17, 15) is 9.59 Å². The first-order valence-corrected chi connectivity index (χ1v) is 7.89. The number of benzene rings is 2. The Morgan fingerprint density at radius 2 is 1.83 bits per heavy atom. The summed E-state index contributed by atoms with van der Waals surface area (Å²) >= 11 is 6.13. The van der Waals surface area contributed by atoms with E-state index in [0.29, 0.717) is 22.8 Å². The molecular formula is C18H20ClN3O2. The Kier molecular flexibility index (Phi) is 5.82. The number of hydrogen-bond donors (Lipinski definition) is 2. The normalized spacial score (nSPS) is 10.2. The molecule has 2 aromatic carbocycles. The molecule has 5 nitrogen and oxygen atoms in total. The first-order chi connectivity index (χ1) is 11.4. The summed E-state index contributed by atoms with van der Waals surface area (Å²) in [5.41, 5.74) is 2.72. The second-order valence-corrected chi connectivity index (χ2v) is 5.84. The van der Waals surface area contributed by atoms with Crippen LogP contribution in [-0.4, -0.2) is 30.9 Å². The molecule has 0 radical (unpaired) electrons. The maximum absolute atomic E-state index is 12.4. The number of urea groups is 1. The van der Waals surface area contributed by atoms with Crippen LogP contribution in [0.15, 0.2) is 42.5 Å². The van der Waals surface area contributed by atoms with Gasteiger partial charge in [0.2, 0.25) is 0 Å². The minimum absolute atomic E-state index is 0.187. The van der Waals surface area contributed by atoms with E-state index in [1.807, 2.05) is 18.2 Å². The van der Waals surface area contributed by atoms with E-state index < -0.39 is 0 Å². The molecule has 0 aromatic heterocycles. The van der Waals surface area contributed by atoms with E-state index in [0.717, 1.165) is 11.1 Å². The van der Waals surface area contributed by atoms with Crippen LogP contribution >= 0.6 is 11.6 Å². The molecule has 0 spiro atoms. The van der Waals surface area contributed by atoms with Crippen LogP contribution in [0.25, 0.3) is 0 Å². The lowest BCUT2D eigenvalue weighted by Crippen LogP contribution is -2.31. The van der Waals surface area contributed by atoms with Crippen molar-refractivity contribution in [2.24, 2.45) is 0 Å². The smallest absolute Gasteiger partial charge is 0.321 e. The summed E-state index contributed by atoms with van der Waals surface area (Å²) in [7, 11) is 3.26. The average molecular weight is 346 g/mol. The number of nitrogens with zero attached hydrogens (tertiary/aromatic N) is 1. The predicted molar refractivity (Wildman–Crippen MR) is 96.5 cm³/mol. The third-order valence-electron chi connectivity index (χ3n) is 3.76. The van der Waals surface area contributed by atoms with Crippen molar-refractivity contribution in [1.29, 1.82) is 0 Å². The fourth-order valence-electron chi connectivity index (χ4n) is 2.32. The Morgan fingerprint density at radius 3 is 2.50 bits per heavy atom. The fraction of sp³-hybridized carbons (Fsp3) is 0.222. The first-order valence-electron chi connectivity index (χ1n) is 7.51. The zero-order valence-corrected chi connectivity index (χ0v) is 14.6. The summed E-state index contributed by atoms with van der Waals surface area (Å²) in [6.07, 6.45) is 0. The zero-order chi connectivity index (χ0) is 17.7. The summed E-state index contributed by atoms with van der Waals surface area (Å²) in [5.74, 6) is -0.187. The van der Waals surface area contributed by atoms with Crippen LogP contribution in [0.2, 0.25) is 5.02 Å². The lowest BCUT2D eigenvalue weighted by Gasteiger charge is -2.20. The third kappa shape index (κ3) is 4.06. The van der Waals surface area contributed by atoms with E-state index in [2.05, 4.69) is 10.6 Å². The second kappa shape index (κ2) is 7.84. The molecule has 0 unspecified atom stereocenters. The monoisotopic (exact) mass is 345 g/mol. The minimum Gasteiger partial charge on any atom is -0.355 e. The van der Waals surface area contributed by atoms with Gasteiger partial charge in [0.1, 0.15) is 0 Å². The van der Waals surface area contributed by atoms with Gasteiger partial charge in [0.15, 0.2) is 0 Å². The molecule has 2 rings (SSSR count). The highest BCUT2D eigenvalue weighted by molar-refractivity contribution is 6.31. The van der Waals surface area contributed by atoms with Gasteiger partial charge in [-0.15, -0.1) is 0 Å². The number of carbonyl (C=O) groups excluding carboxylic acids is 2. The van der Waals surface area contributed by atoms with Crippen molar-refractivity contribution in [1.82, 2.24) is 10.2 Å². The maximum atomic E-state index is 12.4. The molecule has 0 heterocycles. The Labute approximate surface area is 146 Å². The Balaban J connectivity index is 2.12. The van der Waals surface area contributed by atoms with Gasteiger partial charge in [0.05, 0.1) is 0 Å². The SMILES string of the molecule is CNC(=O)c1cccc(NC(=O)N(C)Cc2ccccc2Cl)c1C. The van der Waals surface area contributed by atoms with Gasteiger partial charge < -0.3 is 15.5 Å². The van der Waals surface area contributed by atoms with Crippen LogP contribution in [-0.2, 0) is 6.54 Å².